The lowest BCUT2D eigenvalue weighted by molar-refractivity contribution is 0.111. The van der Waals surface area contributed by atoms with Crippen LogP contribution in [0.2, 0.25) is 0 Å². The third kappa shape index (κ3) is 1.34. The maximum absolute atomic E-state index is 11.0. The summed E-state index contributed by atoms with van der Waals surface area (Å²) in [5.41, 5.74) is 1.61. The van der Waals surface area contributed by atoms with Crippen molar-refractivity contribution in [2.75, 3.05) is 13.2 Å². The van der Waals surface area contributed by atoms with Crippen LogP contribution >= 0.6 is 0 Å². The van der Waals surface area contributed by atoms with Crippen LogP contribution in [0.15, 0.2) is 24.4 Å². The molecule has 2 aromatic heterocycles. The van der Waals surface area contributed by atoms with E-state index < -0.39 is 0 Å². The molecule has 1 saturated heterocycles. The van der Waals surface area contributed by atoms with Crippen LogP contribution in [0.3, 0.4) is 0 Å². The molecule has 16 heavy (non-hydrogen) atoms. The zero-order valence-electron chi connectivity index (χ0n) is 8.80. The van der Waals surface area contributed by atoms with Crippen molar-refractivity contribution in [1.29, 1.82) is 0 Å². The van der Waals surface area contributed by atoms with Crippen molar-refractivity contribution in [3.63, 3.8) is 0 Å². The molecule has 1 atom stereocenters. The number of imidazole rings is 1. The highest BCUT2D eigenvalue weighted by atomic mass is 16.5. The van der Waals surface area contributed by atoms with E-state index in [1.165, 1.54) is 0 Å². The summed E-state index contributed by atoms with van der Waals surface area (Å²) >= 11 is 0. The first-order valence-electron chi connectivity index (χ1n) is 5.39. The second-order valence-corrected chi connectivity index (χ2v) is 4.01. The van der Waals surface area contributed by atoms with Gasteiger partial charge in [0.2, 0.25) is 0 Å². The molecule has 2 aromatic rings. The maximum atomic E-state index is 11.0. The highest BCUT2D eigenvalue weighted by Gasteiger charge is 2.22. The standard InChI is InChI=1S/C12H12N2O2/c15-7-11-3-1-2-10-6-13-12(14(10)11)9-4-5-16-8-9/h1-3,6-7,9H,4-5,8H2. The van der Waals surface area contributed by atoms with E-state index in [1.54, 1.807) is 12.3 Å². The number of rotatable bonds is 2. The zero-order chi connectivity index (χ0) is 11.0. The van der Waals surface area contributed by atoms with Crippen LogP contribution in [0.4, 0.5) is 0 Å². The Morgan fingerprint density at radius 3 is 3.19 bits per heavy atom. The maximum Gasteiger partial charge on any atom is 0.166 e. The van der Waals surface area contributed by atoms with Gasteiger partial charge in [0.25, 0.3) is 0 Å². The van der Waals surface area contributed by atoms with Crippen molar-refractivity contribution < 1.29 is 9.53 Å². The van der Waals surface area contributed by atoms with Crippen LogP contribution in [0, 0.1) is 0 Å². The lowest BCUT2D eigenvalue weighted by Gasteiger charge is -2.08. The molecule has 1 fully saturated rings. The molecule has 3 rings (SSSR count). The summed E-state index contributed by atoms with van der Waals surface area (Å²) in [6.45, 7) is 1.48. The van der Waals surface area contributed by atoms with Crippen LogP contribution in [0.5, 0.6) is 0 Å². The van der Waals surface area contributed by atoms with Gasteiger partial charge >= 0.3 is 0 Å². The van der Waals surface area contributed by atoms with Gasteiger partial charge in [0, 0.05) is 12.5 Å². The Morgan fingerprint density at radius 1 is 1.50 bits per heavy atom. The molecule has 0 saturated carbocycles. The van der Waals surface area contributed by atoms with Crippen molar-refractivity contribution in [3.05, 3.63) is 35.9 Å². The molecule has 0 amide bonds. The summed E-state index contributed by atoms with van der Waals surface area (Å²) in [7, 11) is 0. The average molecular weight is 216 g/mol. The number of aromatic nitrogens is 2. The molecular formula is C12H12N2O2. The van der Waals surface area contributed by atoms with E-state index in [4.69, 9.17) is 4.74 Å². The fourth-order valence-corrected chi connectivity index (χ4v) is 2.22. The zero-order valence-corrected chi connectivity index (χ0v) is 8.80. The Bertz CT molecular complexity index is 527. The van der Waals surface area contributed by atoms with Crippen molar-refractivity contribution in [2.45, 2.75) is 12.3 Å². The molecule has 0 aliphatic carbocycles. The molecule has 0 aromatic carbocycles. The number of aldehydes is 1. The molecule has 82 valence electrons. The fourth-order valence-electron chi connectivity index (χ4n) is 2.22. The van der Waals surface area contributed by atoms with E-state index in [0.717, 1.165) is 30.7 Å². The van der Waals surface area contributed by atoms with Gasteiger partial charge in [-0.15, -0.1) is 0 Å². The number of carbonyl (C=O) groups is 1. The van der Waals surface area contributed by atoms with Gasteiger partial charge in [-0.2, -0.15) is 0 Å². The average Bonchev–Trinajstić information content (AvgIpc) is 2.96. The first kappa shape index (κ1) is 9.54. The highest BCUT2D eigenvalue weighted by Crippen LogP contribution is 2.25. The Hall–Kier alpha value is -1.68. The number of carbonyl (C=O) groups excluding carboxylic acids is 1. The first-order valence-corrected chi connectivity index (χ1v) is 5.39. The van der Waals surface area contributed by atoms with Gasteiger partial charge in [-0.3, -0.25) is 9.20 Å². The first-order chi connectivity index (χ1) is 7.90. The molecule has 1 aliphatic rings. The Labute approximate surface area is 92.9 Å². The Balaban J connectivity index is 2.20. The smallest absolute Gasteiger partial charge is 0.166 e. The van der Waals surface area contributed by atoms with E-state index in [2.05, 4.69) is 4.98 Å². The van der Waals surface area contributed by atoms with Crippen molar-refractivity contribution in [1.82, 2.24) is 9.38 Å². The summed E-state index contributed by atoms with van der Waals surface area (Å²) in [4.78, 5) is 15.4. The van der Waals surface area contributed by atoms with Crippen LogP contribution in [0.25, 0.3) is 5.52 Å². The van der Waals surface area contributed by atoms with Gasteiger partial charge in [0.05, 0.1) is 24.0 Å². The minimum absolute atomic E-state index is 0.309. The molecule has 4 nitrogen and oxygen atoms in total. The van der Waals surface area contributed by atoms with E-state index in [0.29, 0.717) is 18.2 Å². The number of hydrogen-bond donors (Lipinski definition) is 0. The van der Waals surface area contributed by atoms with E-state index in [9.17, 15) is 4.79 Å². The van der Waals surface area contributed by atoms with Gasteiger partial charge in [-0.05, 0) is 18.6 Å². The Morgan fingerprint density at radius 2 is 2.44 bits per heavy atom. The van der Waals surface area contributed by atoms with Crippen molar-refractivity contribution in [2.24, 2.45) is 0 Å². The van der Waals surface area contributed by atoms with Crippen molar-refractivity contribution >= 4 is 11.8 Å². The summed E-state index contributed by atoms with van der Waals surface area (Å²) in [5.74, 6) is 1.25. The number of nitrogens with zero attached hydrogens (tertiary/aromatic N) is 2. The summed E-state index contributed by atoms with van der Waals surface area (Å²) in [6, 6.07) is 5.63. The summed E-state index contributed by atoms with van der Waals surface area (Å²) in [6.07, 6.45) is 3.65. The minimum atomic E-state index is 0.309. The lowest BCUT2D eigenvalue weighted by Crippen LogP contribution is -2.06. The van der Waals surface area contributed by atoms with Gasteiger partial charge in [0.15, 0.2) is 6.29 Å². The third-order valence-electron chi connectivity index (χ3n) is 3.02. The minimum Gasteiger partial charge on any atom is -0.381 e. The molecule has 1 aliphatic heterocycles. The molecule has 1 unspecified atom stereocenters. The van der Waals surface area contributed by atoms with Crippen LogP contribution in [0.1, 0.15) is 28.7 Å². The molecule has 0 N–H and O–H groups in total. The fraction of sp³-hybridized carbons (Fsp3) is 0.333. The molecule has 3 heterocycles. The second-order valence-electron chi connectivity index (χ2n) is 4.01. The summed E-state index contributed by atoms with van der Waals surface area (Å²) in [5, 5.41) is 0. The number of ether oxygens (including phenoxy) is 1. The van der Waals surface area contributed by atoms with E-state index in [1.807, 2.05) is 16.5 Å². The Kier molecular flexibility index (Phi) is 2.22. The largest absolute Gasteiger partial charge is 0.381 e. The topological polar surface area (TPSA) is 43.6 Å². The normalized spacial score (nSPS) is 20.4. The second kappa shape index (κ2) is 3.72. The number of fused-ring (bicyclic) bond motifs is 1. The highest BCUT2D eigenvalue weighted by molar-refractivity contribution is 5.74. The number of hydrogen-bond acceptors (Lipinski definition) is 3. The number of pyridine rings is 1. The summed E-state index contributed by atoms with van der Waals surface area (Å²) < 4.78 is 7.28. The van der Waals surface area contributed by atoms with Gasteiger partial charge < -0.3 is 4.74 Å². The van der Waals surface area contributed by atoms with Crippen LogP contribution < -0.4 is 0 Å². The molecule has 0 bridgehead atoms. The molecular weight excluding hydrogens is 204 g/mol. The van der Waals surface area contributed by atoms with Gasteiger partial charge in [0.1, 0.15) is 5.82 Å². The monoisotopic (exact) mass is 216 g/mol. The van der Waals surface area contributed by atoms with Crippen LogP contribution in [-0.2, 0) is 4.74 Å². The van der Waals surface area contributed by atoms with Gasteiger partial charge in [-0.1, -0.05) is 6.07 Å². The molecule has 0 spiro atoms. The van der Waals surface area contributed by atoms with Gasteiger partial charge in [-0.25, -0.2) is 4.98 Å². The van der Waals surface area contributed by atoms with Crippen molar-refractivity contribution in [3.8, 4) is 0 Å². The predicted octanol–water partition coefficient (Wildman–Crippen LogP) is 1.65. The third-order valence-corrected chi connectivity index (χ3v) is 3.02. The van der Waals surface area contributed by atoms with E-state index in [-0.39, 0.29) is 0 Å². The SMILES string of the molecule is O=Cc1cccc2cnc(C3CCOC3)n12. The molecule has 4 heteroatoms. The van der Waals surface area contributed by atoms with Crippen LogP contribution in [-0.4, -0.2) is 28.9 Å². The quantitative estimate of drug-likeness (QED) is 0.717. The lowest BCUT2D eigenvalue weighted by atomic mass is 10.1. The molecule has 0 radical (unpaired) electrons. The predicted molar refractivity (Wildman–Crippen MR) is 58.8 cm³/mol. The van der Waals surface area contributed by atoms with E-state index >= 15 is 0 Å².